The second kappa shape index (κ2) is 7.25. The standard InChI is InChI=1S/C36H23N4/c1-2-11-22(12-3-1)39-29-17-9-6-14-24(29)32-30(39)19-18-25-31-23-13-5-4-10-21(23)20-26-33-36(40(34(25)32)35(26)31)38-28-16-8-7-15-27(28)37-33/h1-20,33,36-37H/q-1. The van der Waals surface area contributed by atoms with Crippen molar-refractivity contribution in [1.82, 2.24) is 9.13 Å². The zero-order chi connectivity index (χ0) is 25.9. The van der Waals surface area contributed by atoms with Gasteiger partial charge in [-0.05, 0) is 58.9 Å². The molecule has 2 atom stereocenters. The molecule has 0 saturated heterocycles. The molecule has 4 heterocycles. The van der Waals surface area contributed by atoms with Crippen molar-refractivity contribution in [2.75, 3.05) is 5.32 Å². The summed E-state index contributed by atoms with van der Waals surface area (Å²) in [6.07, 6.45) is -0.0638. The number of hydrogen-bond donors (Lipinski definition) is 1. The molecule has 0 radical (unpaired) electrons. The Kier molecular flexibility index (Phi) is 3.75. The van der Waals surface area contributed by atoms with E-state index in [-0.39, 0.29) is 12.2 Å². The van der Waals surface area contributed by atoms with E-state index in [9.17, 15) is 0 Å². The van der Waals surface area contributed by atoms with Crippen LogP contribution in [0.2, 0.25) is 0 Å². The minimum absolute atomic E-state index is 0.0638. The summed E-state index contributed by atoms with van der Waals surface area (Å²) >= 11 is 0. The molecule has 10 rings (SSSR count). The molecule has 0 fully saturated rings. The Bertz CT molecular complexity index is 2340. The minimum atomic E-state index is -0.0638. The van der Waals surface area contributed by atoms with Gasteiger partial charge in [-0.15, -0.1) is 5.69 Å². The maximum Gasteiger partial charge on any atom is 0.0582 e. The van der Waals surface area contributed by atoms with E-state index in [1.54, 1.807) is 0 Å². The van der Waals surface area contributed by atoms with Gasteiger partial charge in [0.2, 0.25) is 0 Å². The van der Waals surface area contributed by atoms with Crippen LogP contribution >= 0.6 is 0 Å². The van der Waals surface area contributed by atoms with Gasteiger partial charge in [-0.3, -0.25) is 0 Å². The van der Waals surface area contributed by atoms with Gasteiger partial charge in [0.1, 0.15) is 0 Å². The van der Waals surface area contributed by atoms with Gasteiger partial charge in [0, 0.05) is 32.9 Å². The van der Waals surface area contributed by atoms with Gasteiger partial charge in [-0.1, -0.05) is 84.9 Å². The number of fused-ring (bicyclic) bond motifs is 13. The highest BCUT2D eigenvalue weighted by Crippen LogP contribution is 2.57. The number of rotatable bonds is 1. The Hall–Kier alpha value is -5.22. The third-order valence-corrected chi connectivity index (χ3v) is 9.01. The number of hydrogen-bond acceptors (Lipinski definition) is 1. The van der Waals surface area contributed by atoms with E-state index in [0.717, 1.165) is 11.4 Å². The van der Waals surface area contributed by atoms with Crippen molar-refractivity contribution in [2.45, 2.75) is 12.2 Å². The predicted molar refractivity (Wildman–Crippen MR) is 166 cm³/mol. The Labute approximate surface area is 230 Å². The third-order valence-electron chi connectivity index (χ3n) is 9.01. The van der Waals surface area contributed by atoms with Crippen LogP contribution in [-0.2, 0) is 0 Å². The third kappa shape index (κ3) is 2.43. The van der Waals surface area contributed by atoms with Gasteiger partial charge < -0.3 is 19.8 Å². The van der Waals surface area contributed by atoms with Gasteiger partial charge in [-0.25, -0.2) is 0 Å². The van der Waals surface area contributed by atoms with Crippen LogP contribution in [0, 0.1) is 0 Å². The summed E-state index contributed by atoms with van der Waals surface area (Å²) in [6, 6.07) is 43.9. The zero-order valence-corrected chi connectivity index (χ0v) is 21.5. The monoisotopic (exact) mass is 511 g/mol. The largest absolute Gasteiger partial charge is 0.661 e. The molecular formula is C36H23N4-. The highest BCUT2D eigenvalue weighted by molar-refractivity contribution is 6.30. The fourth-order valence-electron chi connectivity index (χ4n) is 7.47. The van der Waals surface area contributed by atoms with E-state index < -0.39 is 0 Å². The average molecular weight is 512 g/mol. The van der Waals surface area contributed by atoms with E-state index in [1.807, 2.05) is 0 Å². The molecule has 2 aromatic heterocycles. The van der Waals surface area contributed by atoms with E-state index in [2.05, 4.69) is 136 Å². The molecule has 2 unspecified atom stereocenters. The number of aromatic nitrogens is 2. The molecular weight excluding hydrogens is 488 g/mol. The first-order valence-electron chi connectivity index (χ1n) is 13.9. The molecule has 6 aromatic carbocycles. The second-order valence-corrected chi connectivity index (χ2v) is 11.0. The van der Waals surface area contributed by atoms with Crippen molar-refractivity contribution in [3.05, 3.63) is 132 Å². The van der Waals surface area contributed by atoms with Gasteiger partial charge in [0.05, 0.1) is 28.1 Å². The molecule has 188 valence electrons. The summed E-state index contributed by atoms with van der Waals surface area (Å²) in [5.74, 6) is 0. The number of benzene rings is 6. The first-order valence-corrected chi connectivity index (χ1v) is 13.9. The van der Waals surface area contributed by atoms with Crippen LogP contribution in [0.4, 0.5) is 11.4 Å². The van der Waals surface area contributed by atoms with Gasteiger partial charge >= 0.3 is 0 Å². The van der Waals surface area contributed by atoms with E-state index in [1.165, 1.54) is 65.6 Å². The Balaban J connectivity index is 1.43. The second-order valence-electron chi connectivity index (χ2n) is 11.0. The van der Waals surface area contributed by atoms with Crippen molar-refractivity contribution in [3.63, 3.8) is 0 Å². The summed E-state index contributed by atoms with van der Waals surface area (Å²) < 4.78 is 4.95. The molecule has 40 heavy (non-hydrogen) atoms. The molecule has 4 nitrogen and oxygen atoms in total. The first-order chi connectivity index (χ1) is 19.9. The fraction of sp³-hybridized carbons (Fsp3) is 0.0556. The molecule has 8 aromatic rings. The van der Waals surface area contributed by atoms with Crippen LogP contribution < -0.4 is 5.32 Å². The van der Waals surface area contributed by atoms with Crippen molar-refractivity contribution in [3.8, 4) is 5.69 Å². The molecule has 0 amide bonds. The molecule has 0 bridgehead atoms. The van der Waals surface area contributed by atoms with Crippen LogP contribution in [-0.4, -0.2) is 9.13 Å². The molecule has 1 N–H and O–H groups in total. The van der Waals surface area contributed by atoms with Crippen molar-refractivity contribution in [1.29, 1.82) is 0 Å². The molecule has 0 saturated carbocycles. The summed E-state index contributed by atoms with van der Waals surface area (Å²) in [7, 11) is 0. The average Bonchev–Trinajstić information content (AvgIpc) is 3.64. The summed E-state index contributed by atoms with van der Waals surface area (Å²) in [5, 5.41) is 17.0. The predicted octanol–water partition coefficient (Wildman–Crippen LogP) is 9.73. The molecule has 0 aliphatic carbocycles. The van der Waals surface area contributed by atoms with Crippen molar-refractivity contribution >= 4 is 65.8 Å². The fourth-order valence-corrected chi connectivity index (χ4v) is 7.47. The Morgan fingerprint density at radius 2 is 1.38 bits per heavy atom. The van der Waals surface area contributed by atoms with Crippen LogP contribution in [0.1, 0.15) is 17.8 Å². The molecule has 4 heteroatoms. The maximum absolute atomic E-state index is 5.41. The minimum Gasteiger partial charge on any atom is -0.661 e. The number of nitrogens with zero attached hydrogens (tertiary/aromatic N) is 3. The van der Waals surface area contributed by atoms with E-state index in [0.29, 0.717) is 0 Å². The van der Waals surface area contributed by atoms with Gasteiger partial charge in [0.25, 0.3) is 0 Å². The Morgan fingerprint density at radius 3 is 2.30 bits per heavy atom. The normalized spacial score (nSPS) is 17.4. The summed E-state index contributed by atoms with van der Waals surface area (Å²) in [5.41, 5.74) is 9.64. The zero-order valence-electron chi connectivity index (χ0n) is 21.5. The first kappa shape index (κ1) is 20.7. The lowest BCUT2D eigenvalue weighted by atomic mass is 9.95. The topological polar surface area (TPSA) is 36.0 Å². The van der Waals surface area contributed by atoms with Crippen molar-refractivity contribution in [2.24, 2.45) is 0 Å². The quantitative estimate of drug-likeness (QED) is 0.234. The van der Waals surface area contributed by atoms with Crippen molar-refractivity contribution < 1.29 is 0 Å². The van der Waals surface area contributed by atoms with Crippen LogP contribution in [0.3, 0.4) is 0 Å². The van der Waals surface area contributed by atoms with Crippen LogP contribution in [0.25, 0.3) is 65.4 Å². The molecule has 2 aliphatic heterocycles. The SMILES string of the molecule is c1ccc(-n2c3ccccc3c3c2ccc2c4c5ccccc5cc5c4n(c23)C2[N-]c3ccccc3NC52)cc1. The molecule has 0 spiro atoms. The number of nitrogens with one attached hydrogen (secondary N) is 1. The number of anilines is 1. The van der Waals surface area contributed by atoms with Crippen LogP contribution in [0.5, 0.6) is 0 Å². The summed E-state index contributed by atoms with van der Waals surface area (Å²) in [6.45, 7) is 0. The smallest absolute Gasteiger partial charge is 0.0582 e. The number of para-hydroxylation sites is 4. The Morgan fingerprint density at radius 1 is 0.600 bits per heavy atom. The highest BCUT2D eigenvalue weighted by Gasteiger charge is 2.36. The lowest BCUT2D eigenvalue weighted by molar-refractivity contribution is 0.567. The lowest BCUT2D eigenvalue weighted by Crippen LogP contribution is -2.21. The van der Waals surface area contributed by atoms with Crippen LogP contribution in [0.15, 0.2) is 121 Å². The molecule has 2 aliphatic rings. The van der Waals surface area contributed by atoms with E-state index >= 15 is 0 Å². The maximum atomic E-state index is 5.41. The lowest BCUT2D eigenvalue weighted by Gasteiger charge is -2.44. The highest BCUT2D eigenvalue weighted by atomic mass is 15.3. The van der Waals surface area contributed by atoms with Gasteiger partial charge in [0.15, 0.2) is 0 Å². The summed E-state index contributed by atoms with van der Waals surface area (Å²) in [4.78, 5) is 0. The van der Waals surface area contributed by atoms with E-state index in [4.69, 9.17) is 5.32 Å². The van der Waals surface area contributed by atoms with Gasteiger partial charge in [-0.2, -0.15) is 0 Å².